The Balaban J connectivity index is 2.04. The van der Waals surface area contributed by atoms with Crippen molar-refractivity contribution < 1.29 is 23.5 Å². The third-order valence-corrected chi connectivity index (χ3v) is 2.49. The van der Waals surface area contributed by atoms with E-state index in [0.29, 0.717) is 6.54 Å². The van der Waals surface area contributed by atoms with Crippen LogP contribution in [0.15, 0.2) is 18.2 Å². The van der Waals surface area contributed by atoms with Crippen molar-refractivity contribution in [3.63, 3.8) is 0 Å². The van der Waals surface area contributed by atoms with Gasteiger partial charge in [0.25, 0.3) is 0 Å². The zero-order valence-corrected chi connectivity index (χ0v) is 9.73. The number of nitrogens with one attached hydrogen (secondary N) is 1. The minimum atomic E-state index is -0.499. The van der Waals surface area contributed by atoms with Crippen molar-refractivity contribution in [2.75, 3.05) is 13.2 Å². The molecule has 1 unspecified atom stereocenters. The lowest BCUT2D eigenvalue weighted by Crippen LogP contribution is -2.22. The summed E-state index contributed by atoms with van der Waals surface area (Å²) in [6, 6.07) is 3.72. The highest BCUT2D eigenvalue weighted by Crippen LogP contribution is 2.20. The van der Waals surface area contributed by atoms with Gasteiger partial charge in [-0.15, -0.1) is 0 Å². The van der Waals surface area contributed by atoms with E-state index in [9.17, 15) is 14.0 Å². The zero-order chi connectivity index (χ0) is 13.1. The fourth-order valence-electron chi connectivity index (χ4n) is 1.61. The summed E-state index contributed by atoms with van der Waals surface area (Å²) in [5.41, 5.74) is 0.173. The Morgan fingerprint density at radius 1 is 1.61 bits per heavy atom. The van der Waals surface area contributed by atoms with Gasteiger partial charge in [-0.2, -0.15) is 0 Å². The molecular weight excluding hydrogens is 241 g/mol. The van der Waals surface area contributed by atoms with Gasteiger partial charge in [-0.1, -0.05) is 0 Å². The summed E-state index contributed by atoms with van der Waals surface area (Å²) in [6.45, 7) is 1.80. The number of alkyl carbamates (subject to hydrolysis) is 1. The van der Waals surface area contributed by atoms with Crippen molar-refractivity contribution in [1.82, 2.24) is 5.32 Å². The topological polar surface area (TPSA) is 64.6 Å². The Bertz CT molecular complexity index is 489. The number of rotatable bonds is 4. The number of hydrogen-bond acceptors (Lipinski definition) is 4. The first-order chi connectivity index (χ1) is 8.56. The number of cyclic esters (lactones) is 1. The molecule has 0 aliphatic carbocycles. The van der Waals surface area contributed by atoms with Crippen LogP contribution in [0, 0.1) is 5.82 Å². The van der Waals surface area contributed by atoms with Crippen LogP contribution in [0.1, 0.15) is 17.3 Å². The second-order valence-corrected chi connectivity index (χ2v) is 3.92. The van der Waals surface area contributed by atoms with Crippen molar-refractivity contribution >= 4 is 11.9 Å². The molecule has 2 rings (SSSR count). The van der Waals surface area contributed by atoms with Gasteiger partial charge in [0.05, 0.1) is 12.1 Å². The summed E-state index contributed by atoms with van der Waals surface area (Å²) >= 11 is 0. The SMILES string of the molecule is CC(=O)c1cc(F)ccc1OCC1CNC(=O)O1. The summed E-state index contributed by atoms with van der Waals surface area (Å²) in [5.74, 6) is -0.501. The zero-order valence-electron chi connectivity index (χ0n) is 9.73. The molecule has 6 heteroatoms. The Labute approximate surface area is 103 Å². The molecule has 1 aliphatic rings. The second kappa shape index (κ2) is 5.03. The van der Waals surface area contributed by atoms with Crippen molar-refractivity contribution in [2.45, 2.75) is 13.0 Å². The van der Waals surface area contributed by atoms with Gasteiger partial charge in [0.15, 0.2) is 11.9 Å². The quantitative estimate of drug-likeness (QED) is 0.826. The van der Waals surface area contributed by atoms with Crippen molar-refractivity contribution in [1.29, 1.82) is 0 Å². The van der Waals surface area contributed by atoms with Crippen LogP contribution < -0.4 is 10.1 Å². The van der Waals surface area contributed by atoms with Gasteiger partial charge in [0, 0.05) is 0 Å². The summed E-state index contributed by atoms with van der Waals surface area (Å²) in [4.78, 5) is 22.1. The number of Topliss-reactive ketones (excluding diaryl/α,β-unsaturated/α-hetero) is 1. The number of halogens is 1. The fourth-order valence-corrected chi connectivity index (χ4v) is 1.61. The molecule has 0 saturated carbocycles. The minimum Gasteiger partial charge on any atom is -0.489 e. The lowest BCUT2D eigenvalue weighted by atomic mass is 10.1. The van der Waals surface area contributed by atoms with Gasteiger partial charge in [-0.05, 0) is 25.1 Å². The fraction of sp³-hybridized carbons (Fsp3) is 0.333. The van der Waals surface area contributed by atoms with Crippen LogP contribution in [-0.4, -0.2) is 31.1 Å². The number of carbonyl (C=O) groups is 2. The highest BCUT2D eigenvalue weighted by Gasteiger charge is 2.23. The number of carbonyl (C=O) groups excluding carboxylic acids is 2. The normalized spacial score (nSPS) is 18.1. The highest BCUT2D eigenvalue weighted by molar-refractivity contribution is 5.96. The Morgan fingerprint density at radius 2 is 2.39 bits per heavy atom. The van der Waals surface area contributed by atoms with Crippen LogP contribution in [0.2, 0.25) is 0 Å². The smallest absolute Gasteiger partial charge is 0.407 e. The Hall–Kier alpha value is -2.11. The molecule has 1 saturated heterocycles. The highest BCUT2D eigenvalue weighted by atomic mass is 19.1. The number of ketones is 1. The predicted octanol–water partition coefficient (Wildman–Crippen LogP) is 1.52. The minimum absolute atomic E-state index is 0.116. The summed E-state index contributed by atoms with van der Waals surface area (Å²) < 4.78 is 23.3. The molecule has 1 aromatic carbocycles. The van der Waals surface area contributed by atoms with Crippen molar-refractivity contribution in [2.24, 2.45) is 0 Å². The average Bonchev–Trinajstić information content (AvgIpc) is 2.73. The van der Waals surface area contributed by atoms with Crippen LogP contribution in [0.4, 0.5) is 9.18 Å². The molecule has 0 aromatic heterocycles. The first-order valence-electron chi connectivity index (χ1n) is 5.44. The molecule has 1 amide bonds. The van der Waals surface area contributed by atoms with E-state index >= 15 is 0 Å². The second-order valence-electron chi connectivity index (χ2n) is 3.92. The van der Waals surface area contributed by atoms with E-state index in [4.69, 9.17) is 9.47 Å². The van der Waals surface area contributed by atoms with E-state index in [1.54, 1.807) is 0 Å². The van der Waals surface area contributed by atoms with E-state index in [2.05, 4.69) is 5.32 Å². The van der Waals surface area contributed by atoms with Gasteiger partial charge in [0.1, 0.15) is 18.2 Å². The van der Waals surface area contributed by atoms with Gasteiger partial charge < -0.3 is 14.8 Å². The summed E-state index contributed by atoms with van der Waals surface area (Å²) in [6.07, 6.45) is -0.892. The van der Waals surface area contributed by atoms with Crippen LogP contribution in [0.3, 0.4) is 0 Å². The molecule has 1 fully saturated rings. The molecule has 1 aromatic rings. The van der Waals surface area contributed by atoms with E-state index in [1.807, 2.05) is 0 Å². The van der Waals surface area contributed by atoms with Crippen LogP contribution >= 0.6 is 0 Å². The maximum Gasteiger partial charge on any atom is 0.407 e. The van der Waals surface area contributed by atoms with Crippen LogP contribution in [-0.2, 0) is 4.74 Å². The average molecular weight is 253 g/mol. The molecular formula is C12H12FNO4. The van der Waals surface area contributed by atoms with E-state index < -0.39 is 18.0 Å². The van der Waals surface area contributed by atoms with E-state index in [1.165, 1.54) is 19.1 Å². The predicted molar refractivity (Wildman–Crippen MR) is 60.2 cm³/mol. The largest absolute Gasteiger partial charge is 0.489 e. The maximum atomic E-state index is 13.0. The van der Waals surface area contributed by atoms with Gasteiger partial charge in [-0.25, -0.2) is 9.18 Å². The van der Waals surface area contributed by atoms with E-state index in [-0.39, 0.29) is 23.7 Å². The van der Waals surface area contributed by atoms with Crippen molar-refractivity contribution in [3.8, 4) is 5.75 Å². The molecule has 96 valence electrons. The third-order valence-electron chi connectivity index (χ3n) is 2.49. The molecule has 1 N–H and O–H groups in total. The van der Waals surface area contributed by atoms with E-state index in [0.717, 1.165) is 6.07 Å². The molecule has 1 atom stereocenters. The molecule has 0 spiro atoms. The molecule has 5 nitrogen and oxygen atoms in total. The summed E-state index contributed by atoms with van der Waals surface area (Å²) in [7, 11) is 0. The van der Waals surface area contributed by atoms with Gasteiger partial charge >= 0.3 is 6.09 Å². The first-order valence-corrected chi connectivity index (χ1v) is 5.44. The first kappa shape index (κ1) is 12.3. The molecule has 0 bridgehead atoms. The maximum absolute atomic E-state index is 13.0. The third kappa shape index (κ3) is 2.77. The summed E-state index contributed by atoms with van der Waals surface area (Å²) in [5, 5.41) is 2.48. The van der Waals surface area contributed by atoms with Crippen LogP contribution in [0.5, 0.6) is 5.75 Å². The number of hydrogen-bond donors (Lipinski definition) is 1. The number of ether oxygens (including phenoxy) is 2. The standard InChI is InChI=1S/C12H12FNO4/c1-7(15)10-4-8(13)2-3-11(10)17-6-9-5-14-12(16)18-9/h2-4,9H,5-6H2,1H3,(H,14,16). The molecule has 18 heavy (non-hydrogen) atoms. The lowest BCUT2D eigenvalue weighted by Gasteiger charge is -2.12. The monoisotopic (exact) mass is 253 g/mol. The Morgan fingerprint density at radius 3 is 3.00 bits per heavy atom. The van der Waals surface area contributed by atoms with Crippen molar-refractivity contribution in [3.05, 3.63) is 29.6 Å². The lowest BCUT2D eigenvalue weighted by molar-refractivity contribution is 0.0973. The van der Waals surface area contributed by atoms with Crippen LogP contribution in [0.25, 0.3) is 0 Å². The molecule has 1 aliphatic heterocycles. The molecule has 1 heterocycles. The number of amides is 1. The van der Waals surface area contributed by atoms with Gasteiger partial charge in [0.2, 0.25) is 0 Å². The number of benzene rings is 1. The van der Waals surface area contributed by atoms with Gasteiger partial charge in [-0.3, -0.25) is 4.79 Å². The molecule has 0 radical (unpaired) electrons. The Kier molecular flexibility index (Phi) is 3.45.